The predicted octanol–water partition coefficient (Wildman–Crippen LogP) is 1.82. The normalized spacial score (nSPS) is 36.2. The van der Waals surface area contributed by atoms with Crippen molar-refractivity contribution in [3.05, 3.63) is 24.3 Å². The molecule has 0 radical (unpaired) electrons. The number of nitrogens with zero attached hydrogens (tertiary/aromatic N) is 2. The van der Waals surface area contributed by atoms with E-state index >= 15 is 0 Å². The number of fused-ring (bicyclic) bond motifs is 2. The van der Waals surface area contributed by atoms with Crippen LogP contribution >= 0.6 is 0 Å². The van der Waals surface area contributed by atoms with Gasteiger partial charge in [0.25, 0.3) is 0 Å². The fraction of sp³-hybridized carbons (Fsp3) is 0.720. The Labute approximate surface area is 195 Å². The third-order valence-electron chi connectivity index (χ3n) is 7.77. The van der Waals surface area contributed by atoms with Gasteiger partial charge in [-0.2, -0.15) is 0 Å². The van der Waals surface area contributed by atoms with Crippen LogP contribution < -0.4 is 0 Å². The number of likely N-dealkylation sites (tertiary alicyclic amines) is 1. The summed E-state index contributed by atoms with van der Waals surface area (Å²) in [5.74, 6) is -2.46. The molecule has 33 heavy (non-hydrogen) atoms. The van der Waals surface area contributed by atoms with Crippen LogP contribution in [0.15, 0.2) is 24.3 Å². The van der Waals surface area contributed by atoms with Crippen molar-refractivity contribution in [2.24, 2.45) is 11.8 Å². The highest BCUT2D eigenvalue weighted by Gasteiger charge is 2.75. The number of amides is 2. The van der Waals surface area contributed by atoms with Crippen molar-refractivity contribution in [2.75, 3.05) is 26.3 Å². The number of aliphatic hydroxyl groups excluding tert-OH is 1. The van der Waals surface area contributed by atoms with Gasteiger partial charge >= 0.3 is 5.97 Å². The number of carbonyl (C=O) groups is 3. The van der Waals surface area contributed by atoms with E-state index in [1.54, 1.807) is 11.0 Å². The molecule has 0 saturated carbocycles. The first-order valence-electron chi connectivity index (χ1n) is 12.3. The molecule has 0 bridgehead atoms. The third-order valence-corrected chi connectivity index (χ3v) is 7.77. The maximum Gasteiger partial charge on any atom is 0.313 e. The van der Waals surface area contributed by atoms with Gasteiger partial charge in [0.2, 0.25) is 11.8 Å². The molecule has 2 fully saturated rings. The van der Waals surface area contributed by atoms with Gasteiger partial charge in [0.1, 0.15) is 29.8 Å². The van der Waals surface area contributed by atoms with Gasteiger partial charge in [-0.05, 0) is 38.7 Å². The zero-order valence-corrected chi connectivity index (χ0v) is 19.9. The molecular formula is C25H36N2O6. The van der Waals surface area contributed by atoms with E-state index in [0.29, 0.717) is 32.4 Å². The number of cyclic esters (lactones) is 1. The molecule has 4 rings (SSSR count). The quantitative estimate of drug-likeness (QED) is 0.337. The minimum Gasteiger partial charge on any atom is -0.461 e. The maximum absolute atomic E-state index is 14.0. The second kappa shape index (κ2) is 9.22. The molecule has 4 aliphatic rings. The van der Waals surface area contributed by atoms with Gasteiger partial charge in [-0.1, -0.05) is 38.5 Å². The summed E-state index contributed by atoms with van der Waals surface area (Å²) in [7, 11) is 0. The summed E-state index contributed by atoms with van der Waals surface area (Å²) in [6.45, 7) is 6.99. The lowest BCUT2D eigenvalue weighted by molar-refractivity contribution is -0.159. The lowest BCUT2D eigenvalue weighted by atomic mass is 9.73. The van der Waals surface area contributed by atoms with Crippen molar-refractivity contribution >= 4 is 17.8 Å². The predicted molar refractivity (Wildman–Crippen MR) is 121 cm³/mol. The highest BCUT2D eigenvalue weighted by atomic mass is 16.6. The number of rotatable bonds is 8. The summed E-state index contributed by atoms with van der Waals surface area (Å²) in [5.41, 5.74) is -2.21. The Bertz CT molecular complexity index is 856. The van der Waals surface area contributed by atoms with Gasteiger partial charge in [-0.3, -0.25) is 14.4 Å². The van der Waals surface area contributed by atoms with E-state index in [9.17, 15) is 19.5 Å². The van der Waals surface area contributed by atoms with Crippen molar-refractivity contribution < 1.29 is 29.0 Å². The van der Waals surface area contributed by atoms with Crippen LogP contribution in [0.4, 0.5) is 0 Å². The number of hydrogen-bond acceptors (Lipinski definition) is 6. The number of carbonyl (C=O) groups excluding carboxylic acids is 3. The molecule has 8 nitrogen and oxygen atoms in total. The second-order valence-corrected chi connectivity index (χ2v) is 9.65. The summed E-state index contributed by atoms with van der Waals surface area (Å²) in [4.78, 5) is 44.5. The van der Waals surface area contributed by atoms with E-state index in [0.717, 1.165) is 12.8 Å². The fourth-order valence-corrected chi connectivity index (χ4v) is 6.22. The van der Waals surface area contributed by atoms with Crippen molar-refractivity contribution in [3.63, 3.8) is 0 Å². The van der Waals surface area contributed by atoms with Crippen LogP contribution in [-0.4, -0.2) is 82.3 Å². The molecule has 0 aromatic rings. The second-order valence-electron chi connectivity index (χ2n) is 9.65. The van der Waals surface area contributed by atoms with Crippen LogP contribution in [0.2, 0.25) is 0 Å². The topological polar surface area (TPSA) is 96.4 Å². The monoisotopic (exact) mass is 460 g/mol. The number of esters is 1. The summed E-state index contributed by atoms with van der Waals surface area (Å²) in [6.07, 6.45) is 10.8. The van der Waals surface area contributed by atoms with E-state index < -0.39 is 35.0 Å². The molecule has 1 N–H and O–H groups in total. The van der Waals surface area contributed by atoms with Crippen molar-refractivity contribution in [1.29, 1.82) is 0 Å². The molecule has 0 aromatic carbocycles. The minimum atomic E-state index is -1.23. The largest absolute Gasteiger partial charge is 0.461 e. The van der Waals surface area contributed by atoms with Gasteiger partial charge in [-0.25, -0.2) is 0 Å². The van der Waals surface area contributed by atoms with Gasteiger partial charge in [0, 0.05) is 25.7 Å². The van der Waals surface area contributed by atoms with E-state index in [1.807, 2.05) is 37.0 Å². The Hall–Kier alpha value is -2.19. The number of aliphatic hydroxyl groups is 1. The lowest BCUT2D eigenvalue weighted by Gasteiger charge is -2.39. The van der Waals surface area contributed by atoms with Gasteiger partial charge in [0.05, 0.1) is 5.92 Å². The fourth-order valence-electron chi connectivity index (χ4n) is 6.22. The number of unbranched alkanes of at least 4 members (excludes halogenated alkanes) is 1. The molecule has 1 spiro atoms. The summed E-state index contributed by atoms with van der Waals surface area (Å²) in [5, 5.41) is 9.27. The Balaban J connectivity index is 1.82. The standard InChI is InChI=1S/C25H36N2O6/c1-4-10-17(3)26-14-8-12-25-18(19-23(31)32-16-9-11-24(19,5-2)33-25)21(29)27(13-6-7-15-28)20(25)22(26)30/h8-9,11-12,17-20,28H,4-7,10,13-16H2,1-3H3/t17?,18-,19-,20?,24+,25-/m0/s1. The third kappa shape index (κ3) is 3.62. The maximum atomic E-state index is 14.0. The first kappa shape index (κ1) is 24.0. The first-order valence-corrected chi connectivity index (χ1v) is 12.3. The van der Waals surface area contributed by atoms with Crippen LogP contribution in [0.3, 0.4) is 0 Å². The van der Waals surface area contributed by atoms with E-state index in [1.165, 1.54) is 0 Å². The molecule has 8 heteroatoms. The number of hydrogen-bond donors (Lipinski definition) is 1. The molecular weight excluding hydrogens is 424 g/mol. The van der Waals surface area contributed by atoms with Crippen LogP contribution in [0.1, 0.15) is 52.9 Å². The van der Waals surface area contributed by atoms with Crippen LogP contribution in [-0.2, 0) is 23.9 Å². The van der Waals surface area contributed by atoms with Crippen molar-refractivity contribution in [3.8, 4) is 0 Å². The zero-order valence-electron chi connectivity index (χ0n) is 19.9. The zero-order chi connectivity index (χ0) is 23.8. The molecule has 4 aliphatic heterocycles. The van der Waals surface area contributed by atoms with Gasteiger partial charge in [0.15, 0.2) is 0 Å². The van der Waals surface area contributed by atoms with Crippen molar-refractivity contribution in [2.45, 2.75) is 76.2 Å². The van der Waals surface area contributed by atoms with Crippen molar-refractivity contribution in [1.82, 2.24) is 9.80 Å². The molecule has 2 saturated heterocycles. The summed E-state index contributed by atoms with van der Waals surface area (Å²) in [6, 6.07) is -0.823. The first-order chi connectivity index (χ1) is 15.9. The van der Waals surface area contributed by atoms with Crippen LogP contribution in [0.5, 0.6) is 0 Å². The van der Waals surface area contributed by atoms with Gasteiger partial charge in [-0.15, -0.1) is 0 Å². The molecule has 2 unspecified atom stereocenters. The minimum absolute atomic E-state index is 0.0178. The average molecular weight is 461 g/mol. The molecule has 2 amide bonds. The Morgan fingerprint density at radius 1 is 1.12 bits per heavy atom. The highest BCUT2D eigenvalue weighted by Crippen LogP contribution is 2.58. The Morgan fingerprint density at radius 2 is 1.91 bits per heavy atom. The summed E-state index contributed by atoms with van der Waals surface area (Å²) >= 11 is 0. The highest BCUT2D eigenvalue weighted by molar-refractivity contribution is 5.99. The van der Waals surface area contributed by atoms with E-state index in [-0.39, 0.29) is 31.1 Å². The lowest BCUT2D eigenvalue weighted by Crippen LogP contribution is -2.57. The molecule has 182 valence electrons. The molecule has 0 aromatic heterocycles. The Morgan fingerprint density at radius 3 is 2.61 bits per heavy atom. The smallest absolute Gasteiger partial charge is 0.313 e. The molecule has 4 heterocycles. The average Bonchev–Trinajstić information content (AvgIpc) is 3.06. The van der Waals surface area contributed by atoms with E-state index in [2.05, 4.69) is 6.92 Å². The summed E-state index contributed by atoms with van der Waals surface area (Å²) < 4.78 is 12.2. The van der Waals surface area contributed by atoms with Gasteiger partial charge < -0.3 is 24.4 Å². The molecule has 0 aliphatic carbocycles. The Kier molecular flexibility index (Phi) is 6.69. The SMILES string of the molecule is CCCC(C)N1CC=C[C@]23O[C@]4(CC)C=CCOC(=O)[C@@H]4[C@H]2C(=O)N(CCCCO)C3C1=O. The number of ether oxygens (including phenoxy) is 2. The molecule has 6 atom stereocenters. The van der Waals surface area contributed by atoms with Crippen LogP contribution in [0, 0.1) is 11.8 Å². The van der Waals surface area contributed by atoms with E-state index in [4.69, 9.17) is 9.47 Å². The van der Waals surface area contributed by atoms with Crippen LogP contribution in [0.25, 0.3) is 0 Å².